The van der Waals surface area contributed by atoms with E-state index in [1.807, 2.05) is 11.8 Å². The number of nitrogens with one attached hydrogen (secondary N) is 1. The van der Waals surface area contributed by atoms with Gasteiger partial charge in [0.25, 0.3) is 0 Å². The zero-order chi connectivity index (χ0) is 12.0. The lowest BCUT2D eigenvalue weighted by molar-refractivity contribution is 0.163. The van der Waals surface area contributed by atoms with Crippen LogP contribution in [0.25, 0.3) is 0 Å². The Kier molecular flexibility index (Phi) is 6.78. The van der Waals surface area contributed by atoms with Crippen molar-refractivity contribution in [2.24, 2.45) is 11.8 Å². The van der Waals surface area contributed by atoms with E-state index in [-0.39, 0.29) is 6.61 Å². The molecule has 0 aromatic heterocycles. The maximum absolute atomic E-state index is 9.36. The molecule has 4 atom stereocenters. The molecule has 0 aromatic carbocycles. The average molecular weight is 245 g/mol. The topological polar surface area (TPSA) is 32.3 Å². The molecule has 1 fully saturated rings. The molecular formula is C13H27NOS. The van der Waals surface area contributed by atoms with Crippen molar-refractivity contribution in [1.82, 2.24) is 5.32 Å². The van der Waals surface area contributed by atoms with Gasteiger partial charge in [-0.15, -0.1) is 0 Å². The van der Waals surface area contributed by atoms with Gasteiger partial charge in [-0.2, -0.15) is 11.8 Å². The number of hydrogen-bond donors (Lipinski definition) is 2. The Morgan fingerprint density at radius 3 is 2.75 bits per heavy atom. The van der Waals surface area contributed by atoms with Crippen LogP contribution >= 0.6 is 11.8 Å². The smallest absolute Gasteiger partial charge is 0.0585 e. The van der Waals surface area contributed by atoms with Crippen molar-refractivity contribution in [3.05, 3.63) is 0 Å². The molecule has 4 unspecified atom stereocenters. The van der Waals surface area contributed by atoms with Gasteiger partial charge in [-0.05, 0) is 36.7 Å². The third-order valence-corrected chi connectivity index (χ3v) is 4.69. The Morgan fingerprint density at radius 1 is 1.38 bits per heavy atom. The molecule has 3 heteroatoms. The Bertz CT molecular complexity index is 189. The predicted molar refractivity (Wildman–Crippen MR) is 73.0 cm³/mol. The van der Waals surface area contributed by atoms with E-state index in [9.17, 15) is 5.11 Å². The van der Waals surface area contributed by atoms with E-state index in [2.05, 4.69) is 25.4 Å². The van der Waals surface area contributed by atoms with Gasteiger partial charge in [0.15, 0.2) is 0 Å². The minimum absolute atomic E-state index is 0.276. The largest absolute Gasteiger partial charge is 0.395 e. The summed E-state index contributed by atoms with van der Waals surface area (Å²) >= 11 is 1.86. The lowest BCUT2D eigenvalue weighted by Crippen LogP contribution is -2.47. The van der Waals surface area contributed by atoms with Gasteiger partial charge in [-0.25, -0.2) is 0 Å². The zero-order valence-corrected chi connectivity index (χ0v) is 11.7. The van der Waals surface area contributed by atoms with Crippen LogP contribution in [0.2, 0.25) is 0 Å². The van der Waals surface area contributed by atoms with E-state index < -0.39 is 0 Å². The van der Waals surface area contributed by atoms with Gasteiger partial charge in [-0.3, -0.25) is 0 Å². The highest BCUT2D eigenvalue weighted by molar-refractivity contribution is 7.98. The SMILES string of the molecule is CSCCC(CO)NC1CCCC(C)C1C. The summed E-state index contributed by atoms with van der Waals surface area (Å²) in [5, 5.41) is 13.0. The maximum atomic E-state index is 9.36. The summed E-state index contributed by atoms with van der Waals surface area (Å²) in [7, 11) is 0. The number of hydrogen-bond acceptors (Lipinski definition) is 3. The average Bonchev–Trinajstić information content (AvgIpc) is 2.30. The highest BCUT2D eigenvalue weighted by atomic mass is 32.2. The number of aliphatic hydroxyl groups is 1. The lowest BCUT2D eigenvalue weighted by Gasteiger charge is -2.37. The van der Waals surface area contributed by atoms with Crippen molar-refractivity contribution in [3.63, 3.8) is 0 Å². The molecule has 0 radical (unpaired) electrons. The molecule has 0 spiro atoms. The molecular weight excluding hydrogens is 218 g/mol. The molecule has 16 heavy (non-hydrogen) atoms. The molecule has 1 aliphatic rings. The second-order valence-electron chi connectivity index (χ2n) is 5.20. The third kappa shape index (κ3) is 4.27. The molecule has 0 saturated heterocycles. The summed E-state index contributed by atoms with van der Waals surface area (Å²) in [6, 6.07) is 0.910. The Labute approximate surface area is 105 Å². The van der Waals surface area contributed by atoms with Crippen molar-refractivity contribution in [2.75, 3.05) is 18.6 Å². The van der Waals surface area contributed by atoms with Crippen LogP contribution in [-0.2, 0) is 0 Å². The van der Waals surface area contributed by atoms with Gasteiger partial charge >= 0.3 is 0 Å². The highest BCUT2D eigenvalue weighted by Gasteiger charge is 2.28. The molecule has 0 aromatic rings. The first-order valence-electron chi connectivity index (χ1n) is 6.54. The maximum Gasteiger partial charge on any atom is 0.0585 e. The van der Waals surface area contributed by atoms with Crippen molar-refractivity contribution in [1.29, 1.82) is 0 Å². The van der Waals surface area contributed by atoms with Crippen LogP contribution in [0.1, 0.15) is 39.5 Å². The van der Waals surface area contributed by atoms with Crippen molar-refractivity contribution in [2.45, 2.75) is 51.6 Å². The first-order valence-corrected chi connectivity index (χ1v) is 7.94. The van der Waals surface area contributed by atoms with Gasteiger partial charge in [0, 0.05) is 12.1 Å². The van der Waals surface area contributed by atoms with Gasteiger partial charge < -0.3 is 10.4 Å². The third-order valence-electron chi connectivity index (χ3n) is 4.05. The predicted octanol–water partition coefficient (Wildman–Crippen LogP) is 2.51. The molecule has 0 amide bonds. The second kappa shape index (κ2) is 7.57. The summed E-state index contributed by atoms with van der Waals surface area (Å²) in [6.07, 6.45) is 7.19. The second-order valence-corrected chi connectivity index (χ2v) is 6.19. The summed E-state index contributed by atoms with van der Waals surface area (Å²) < 4.78 is 0. The quantitative estimate of drug-likeness (QED) is 0.754. The van der Waals surface area contributed by atoms with Crippen LogP contribution in [0.4, 0.5) is 0 Å². The van der Waals surface area contributed by atoms with E-state index in [0.717, 1.165) is 24.0 Å². The van der Waals surface area contributed by atoms with Crippen LogP contribution in [0, 0.1) is 11.8 Å². The molecule has 1 rings (SSSR count). The summed E-state index contributed by atoms with van der Waals surface area (Å²) in [4.78, 5) is 0. The fourth-order valence-electron chi connectivity index (χ4n) is 2.61. The summed E-state index contributed by atoms with van der Waals surface area (Å²) in [5.74, 6) is 2.71. The van der Waals surface area contributed by atoms with Crippen LogP contribution < -0.4 is 5.32 Å². The monoisotopic (exact) mass is 245 g/mol. The molecule has 2 nitrogen and oxygen atoms in total. The number of thioether (sulfide) groups is 1. The molecule has 2 N–H and O–H groups in total. The first-order chi connectivity index (χ1) is 7.69. The fourth-order valence-corrected chi connectivity index (χ4v) is 3.13. The van der Waals surface area contributed by atoms with E-state index in [0.29, 0.717) is 12.1 Å². The molecule has 0 aliphatic heterocycles. The Morgan fingerprint density at radius 2 is 2.12 bits per heavy atom. The summed E-state index contributed by atoms with van der Waals surface area (Å²) in [5.41, 5.74) is 0. The van der Waals surface area contributed by atoms with E-state index in [1.165, 1.54) is 19.3 Å². The highest BCUT2D eigenvalue weighted by Crippen LogP contribution is 2.29. The lowest BCUT2D eigenvalue weighted by atomic mass is 9.78. The molecule has 1 aliphatic carbocycles. The molecule has 0 bridgehead atoms. The van der Waals surface area contributed by atoms with Crippen molar-refractivity contribution in [3.8, 4) is 0 Å². The van der Waals surface area contributed by atoms with Gasteiger partial charge in [0.1, 0.15) is 0 Å². The van der Waals surface area contributed by atoms with E-state index in [4.69, 9.17) is 0 Å². The number of aliphatic hydroxyl groups excluding tert-OH is 1. The minimum Gasteiger partial charge on any atom is -0.395 e. The standard InChI is InChI=1S/C13H27NOS/c1-10-5-4-6-13(11(10)2)14-12(9-15)7-8-16-3/h10-15H,4-9H2,1-3H3. The van der Waals surface area contributed by atoms with Gasteiger partial charge in [0.2, 0.25) is 0 Å². The van der Waals surface area contributed by atoms with Gasteiger partial charge in [0.05, 0.1) is 6.61 Å². The van der Waals surface area contributed by atoms with Crippen molar-refractivity contribution >= 4 is 11.8 Å². The Hall–Kier alpha value is 0.270. The van der Waals surface area contributed by atoms with Crippen LogP contribution in [0.15, 0.2) is 0 Å². The van der Waals surface area contributed by atoms with E-state index >= 15 is 0 Å². The van der Waals surface area contributed by atoms with Crippen molar-refractivity contribution < 1.29 is 5.11 Å². The number of rotatable bonds is 6. The molecule has 0 heterocycles. The zero-order valence-electron chi connectivity index (χ0n) is 10.9. The van der Waals surface area contributed by atoms with Crippen LogP contribution in [0.3, 0.4) is 0 Å². The first kappa shape index (κ1) is 14.3. The Balaban J connectivity index is 2.37. The summed E-state index contributed by atoms with van der Waals surface area (Å²) in [6.45, 7) is 4.98. The van der Waals surface area contributed by atoms with E-state index in [1.54, 1.807) is 0 Å². The van der Waals surface area contributed by atoms with Gasteiger partial charge in [-0.1, -0.05) is 26.7 Å². The van der Waals surface area contributed by atoms with Crippen LogP contribution in [-0.4, -0.2) is 35.8 Å². The fraction of sp³-hybridized carbons (Fsp3) is 1.00. The van der Waals surface area contributed by atoms with Crippen LogP contribution in [0.5, 0.6) is 0 Å². The molecule has 1 saturated carbocycles. The minimum atomic E-state index is 0.276. The molecule has 96 valence electrons. The normalized spacial score (nSPS) is 32.6.